The van der Waals surface area contributed by atoms with Crippen molar-refractivity contribution >= 4 is 28.6 Å². The summed E-state index contributed by atoms with van der Waals surface area (Å²) in [5.74, 6) is 1.38. The van der Waals surface area contributed by atoms with Crippen LogP contribution in [0.2, 0.25) is 5.02 Å². The van der Waals surface area contributed by atoms with Gasteiger partial charge in [0, 0.05) is 17.8 Å². The zero-order chi connectivity index (χ0) is 21.0. The molecule has 1 N–H and O–H groups in total. The van der Waals surface area contributed by atoms with Gasteiger partial charge in [0.05, 0.1) is 11.0 Å². The minimum atomic E-state index is 0.603. The van der Waals surface area contributed by atoms with E-state index in [2.05, 4.69) is 62.7 Å². The minimum absolute atomic E-state index is 0.603. The summed E-state index contributed by atoms with van der Waals surface area (Å²) >= 11 is 6.14. The van der Waals surface area contributed by atoms with Gasteiger partial charge in [-0.2, -0.15) is 4.98 Å². The predicted molar refractivity (Wildman–Crippen MR) is 126 cm³/mol. The Morgan fingerprint density at radius 3 is 2.58 bits per heavy atom. The van der Waals surface area contributed by atoms with Crippen molar-refractivity contribution in [3.8, 4) is 16.9 Å². The quantitative estimate of drug-likeness (QED) is 0.374. The van der Waals surface area contributed by atoms with Crippen molar-refractivity contribution in [1.82, 2.24) is 19.5 Å². The van der Waals surface area contributed by atoms with E-state index >= 15 is 0 Å². The van der Waals surface area contributed by atoms with E-state index in [1.165, 1.54) is 5.56 Å². The average molecular weight is 426 g/mol. The number of aromatic nitrogens is 4. The largest absolute Gasteiger partial charge is 0.354 e. The summed E-state index contributed by atoms with van der Waals surface area (Å²) in [6.45, 7) is 0.765. The number of nitrogens with one attached hydrogen (secondary N) is 1. The number of halogens is 1. The molecule has 0 saturated carbocycles. The maximum absolute atomic E-state index is 6.14. The average Bonchev–Trinajstić information content (AvgIpc) is 3.23. The number of benzene rings is 3. The number of imidazole rings is 1. The number of nitrogens with zero attached hydrogens (tertiary/aromatic N) is 4. The first-order valence-electron chi connectivity index (χ1n) is 10.1. The zero-order valence-electron chi connectivity index (χ0n) is 16.7. The lowest BCUT2D eigenvalue weighted by molar-refractivity contribution is 0.953. The molecule has 0 aliphatic rings. The summed E-state index contributed by atoms with van der Waals surface area (Å²) in [7, 11) is 0. The molecule has 0 bridgehead atoms. The van der Waals surface area contributed by atoms with Gasteiger partial charge in [0.15, 0.2) is 0 Å². The minimum Gasteiger partial charge on any atom is -0.354 e. The Balaban J connectivity index is 1.37. The van der Waals surface area contributed by atoms with Crippen LogP contribution >= 0.6 is 11.6 Å². The fourth-order valence-electron chi connectivity index (χ4n) is 3.57. The number of rotatable bonds is 6. The topological polar surface area (TPSA) is 55.6 Å². The molecule has 2 aromatic heterocycles. The summed E-state index contributed by atoms with van der Waals surface area (Å²) in [5, 5.41) is 4.03. The number of hydrogen-bond donors (Lipinski definition) is 1. The first-order valence-corrected chi connectivity index (χ1v) is 10.5. The standard InChI is InChI=1S/C25H20ClN5/c26-21-8-4-7-19(15-21)20-9-10-23-22(16-20)29-17-31(23)24-12-14-28-25(30-24)27-13-11-18-5-2-1-3-6-18/h1-10,12,14-17H,11,13H2,(H,27,28,30). The second kappa shape index (κ2) is 8.58. The van der Waals surface area contributed by atoms with Crippen LogP contribution < -0.4 is 5.32 Å². The van der Waals surface area contributed by atoms with Crippen LogP contribution in [0.4, 0.5) is 5.95 Å². The molecule has 0 fully saturated rings. The Morgan fingerprint density at radius 2 is 1.71 bits per heavy atom. The lowest BCUT2D eigenvalue weighted by Crippen LogP contribution is -2.09. The molecule has 0 aliphatic carbocycles. The lowest BCUT2D eigenvalue weighted by Gasteiger charge is -2.08. The molecule has 6 heteroatoms. The van der Waals surface area contributed by atoms with Gasteiger partial charge in [-0.15, -0.1) is 0 Å². The summed E-state index contributed by atoms with van der Waals surface area (Å²) in [4.78, 5) is 13.6. The van der Waals surface area contributed by atoms with Crippen molar-refractivity contribution in [3.05, 3.63) is 102 Å². The van der Waals surface area contributed by atoms with Crippen LogP contribution in [0.25, 0.3) is 28.0 Å². The number of hydrogen-bond acceptors (Lipinski definition) is 4. The summed E-state index contributed by atoms with van der Waals surface area (Å²) in [6.07, 6.45) is 4.47. The van der Waals surface area contributed by atoms with Gasteiger partial charge in [0.25, 0.3) is 0 Å². The highest BCUT2D eigenvalue weighted by molar-refractivity contribution is 6.30. The van der Waals surface area contributed by atoms with Crippen LogP contribution in [0.1, 0.15) is 5.56 Å². The van der Waals surface area contributed by atoms with Crippen molar-refractivity contribution in [3.63, 3.8) is 0 Å². The maximum Gasteiger partial charge on any atom is 0.224 e. The van der Waals surface area contributed by atoms with E-state index in [1.807, 2.05) is 41.0 Å². The monoisotopic (exact) mass is 425 g/mol. The molecule has 5 nitrogen and oxygen atoms in total. The highest BCUT2D eigenvalue weighted by atomic mass is 35.5. The van der Waals surface area contributed by atoms with Gasteiger partial charge in [0.2, 0.25) is 5.95 Å². The molecule has 0 spiro atoms. The Kier molecular flexibility index (Phi) is 5.33. The van der Waals surface area contributed by atoms with Gasteiger partial charge in [0.1, 0.15) is 12.1 Å². The van der Waals surface area contributed by atoms with E-state index in [1.54, 1.807) is 12.5 Å². The Hall–Kier alpha value is -3.70. The Morgan fingerprint density at radius 1 is 0.839 bits per heavy atom. The van der Waals surface area contributed by atoms with Gasteiger partial charge >= 0.3 is 0 Å². The highest BCUT2D eigenvalue weighted by Crippen LogP contribution is 2.27. The molecule has 0 radical (unpaired) electrons. The molecule has 5 aromatic rings. The smallest absolute Gasteiger partial charge is 0.224 e. The SMILES string of the molecule is Clc1cccc(-c2ccc3c(c2)ncn3-c2ccnc(NCCc3ccccc3)n2)c1. The van der Waals surface area contributed by atoms with Crippen LogP contribution in [0.3, 0.4) is 0 Å². The summed E-state index contributed by atoms with van der Waals surface area (Å²) < 4.78 is 1.97. The van der Waals surface area contributed by atoms with Gasteiger partial charge in [-0.3, -0.25) is 4.57 Å². The van der Waals surface area contributed by atoms with E-state index in [9.17, 15) is 0 Å². The Labute approximate surface area is 185 Å². The summed E-state index contributed by atoms with van der Waals surface area (Å²) in [5.41, 5.74) is 5.30. The van der Waals surface area contributed by atoms with Gasteiger partial charge in [-0.05, 0) is 53.4 Å². The summed E-state index contributed by atoms with van der Waals surface area (Å²) in [6, 6.07) is 26.3. The third kappa shape index (κ3) is 4.27. The van der Waals surface area contributed by atoms with E-state index in [4.69, 9.17) is 11.6 Å². The second-order valence-electron chi connectivity index (χ2n) is 7.23. The molecule has 0 aliphatic heterocycles. The third-order valence-electron chi connectivity index (χ3n) is 5.13. The van der Waals surface area contributed by atoms with E-state index in [-0.39, 0.29) is 0 Å². The third-order valence-corrected chi connectivity index (χ3v) is 5.37. The molecular formula is C25H20ClN5. The molecule has 3 aromatic carbocycles. The van der Waals surface area contributed by atoms with Crippen LogP contribution in [-0.2, 0) is 6.42 Å². The van der Waals surface area contributed by atoms with E-state index in [0.29, 0.717) is 5.95 Å². The Bertz CT molecular complexity index is 1330. The molecule has 5 rings (SSSR count). The molecule has 0 unspecified atom stereocenters. The molecule has 152 valence electrons. The van der Waals surface area contributed by atoms with Crippen LogP contribution in [-0.4, -0.2) is 26.1 Å². The number of anilines is 1. The fraction of sp³-hybridized carbons (Fsp3) is 0.0800. The van der Waals surface area contributed by atoms with Gasteiger partial charge in [-0.25, -0.2) is 9.97 Å². The normalized spacial score (nSPS) is 11.0. The maximum atomic E-state index is 6.14. The lowest BCUT2D eigenvalue weighted by atomic mass is 10.1. The molecule has 0 atom stereocenters. The predicted octanol–water partition coefficient (Wildman–Crippen LogP) is 5.79. The van der Waals surface area contributed by atoms with Crippen molar-refractivity contribution < 1.29 is 0 Å². The van der Waals surface area contributed by atoms with E-state index in [0.717, 1.165) is 46.0 Å². The van der Waals surface area contributed by atoms with Crippen molar-refractivity contribution in [2.24, 2.45) is 0 Å². The van der Waals surface area contributed by atoms with Crippen molar-refractivity contribution in [1.29, 1.82) is 0 Å². The van der Waals surface area contributed by atoms with Crippen LogP contribution in [0.5, 0.6) is 0 Å². The molecular weight excluding hydrogens is 406 g/mol. The zero-order valence-corrected chi connectivity index (χ0v) is 17.5. The van der Waals surface area contributed by atoms with Crippen LogP contribution in [0, 0.1) is 0 Å². The molecule has 0 amide bonds. The fourth-order valence-corrected chi connectivity index (χ4v) is 3.76. The van der Waals surface area contributed by atoms with E-state index < -0.39 is 0 Å². The van der Waals surface area contributed by atoms with Crippen molar-refractivity contribution in [2.45, 2.75) is 6.42 Å². The number of fused-ring (bicyclic) bond motifs is 1. The second-order valence-corrected chi connectivity index (χ2v) is 7.67. The first-order chi connectivity index (χ1) is 15.3. The first kappa shape index (κ1) is 19.3. The van der Waals surface area contributed by atoms with Gasteiger partial charge in [-0.1, -0.05) is 60.1 Å². The van der Waals surface area contributed by atoms with Gasteiger partial charge < -0.3 is 5.32 Å². The van der Waals surface area contributed by atoms with Crippen LogP contribution in [0.15, 0.2) is 91.4 Å². The molecule has 2 heterocycles. The molecule has 0 saturated heterocycles. The molecule has 31 heavy (non-hydrogen) atoms. The highest BCUT2D eigenvalue weighted by Gasteiger charge is 2.09. The van der Waals surface area contributed by atoms with Crippen molar-refractivity contribution in [2.75, 3.05) is 11.9 Å².